The van der Waals surface area contributed by atoms with E-state index in [0.717, 1.165) is 12.4 Å². The van der Waals surface area contributed by atoms with Gasteiger partial charge in [-0.2, -0.15) is 5.10 Å². The third-order valence-corrected chi connectivity index (χ3v) is 2.13. The Morgan fingerprint density at radius 3 is 3.07 bits per heavy atom. The first-order chi connectivity index (χ1) is 7.31. The van der Waals surface area contributed by atoms with Crippen molar-refractivity contribution in [2.24, 2.45) is 0 Å². The highest BCUT2D eigenvalue weighted by atomic mass is 16.5. The highest BCUT2D eigenvalue weighted by Crippen LogP contribution is 1.94. The second-order valence-electron chi connectivity index (χ2n) is 3.21. The maximum atomic E-state index is 9.03. The number of nitrogens with one attached hydrogen (secondary N) is 1. The number of hydrogen-bond donors (Lipinski definition) is 2. The average molecular weight is 214 g/mol. The van der Waals surface area contributed by atoms with Crippen molar-refractivity contribution in [1.82, 2.24) is 20.1 Å². The quantitative estimate of drug-likeness (QED) is 0.634. The van der Waals surface area contributed by atoms with Gasteiger partial charge < -0.3 is 15.2 Å². The van der Waals surface area contributed by atoms with Gasteiger partial charge >= 0.3 is 0 Å². The molecule has 0 aliphatic rings. The first-order valence-electron chi connectivity index (χ1n) is 5.01. The Balaban J connectivity index is 2.41. The first-order valence-corrected chi connectivity index (χ1v) is 5.01. The SMILES string of the molecule is CCn1ncnc1CNC(CO)COC. The van der Waals surface area contributed by atoms with Crippen molar-refractivity contribution in [1.29, 1.82) is 0 Å². The fraction of sp³-hybridized carbons (Fsp3) is 0.778. The highest BCUT2D eigenvalue weighted by Gasteiger charge is 2.08. The number of methoxy groups -OCH3 is 1. The zero-order valence-corrected chi connectivity index (χ0v) is 9.18. The van der Waals surface area contributed by atoms with E-state index < -0.39 is 0 Å². The summed E-state index contributed by atoms with van der Waals surface area (Å²) in [6.07, 6.45) is 1.53. The van der Waals surface area contributed by atoms with Crippen molar-refractivity contribution in [2.45, 2.75) is 26.1 Å². The Morgan fingerprint density at radius 1 is 1.67 bits per heavy atom. The molecule has 0 aromatic carbocycles. The van der Waals surface area contributed by atoms with Crippen molar-refractivity contribution in [3.8, 4) is 0 Å². The van der Waals surface area contributed by atoms with Crippen molar-refractivity contribution >= 4 is 0 Å². The summed E-state index contributed by atoms with van der Waals surface area (Å²) in [5, 5.41) is 16.2. The lowest BCUT2D eigenvalue weighted by atomic mass is 10.3. The molecule has 0 amide bonds. The number of aliphatic hydroxyl groups is 1. The van der Waals surface area contributed by atoms with Crippen molar-refractivity contribution in [3.05, 3.63) is 12.2 Å². The van der Waals surface area contributed by atoms with Crippen LogP contribution in [-0.2, 0) is 17.8 Å². The van der Waals surface area contributed by atoms with Gasteiger partial charge in [-0.05, 0) is 6.92 Å². The molecule has 0 aliphatic carbocycles. The van der Waals surface area contributed by atoms with Gasteiger partial charge in [0.1, 0.15) is 12.2 Å². The van der Waals surface area contributed by atoms with E-state index in [4.69, 9.17) is 9.84 Å². The molecule has 1 unspecified atom stereocenters. The lowest BCUT2D eigenvalue weighted by molar-refractivity contribution is 0.127. The molecular weight excluding hydrogens is 196 g/mol. The van der Waals surface area contributed by atoms with E-state index in [-0.39, 0.29) is 12.6 Å². The number of ether oxygens (including phenoxy) is 1. The molecule has 1 rings (SSSR count). The lowest BCUT2D eigenvalue weighted by Crippen LogP contribution is -2.36. The molecule has 0 spiro atoms. The van der Waals surface area contributed by atoms with Crippen LogP contribution < -0.4 is 5.32 Å². The van der Waals surface area contributed by atoms with Gasteiger partial charge in [-0.15, -0.1) is 0 Å². The summed E-state index contributed by atoms with van der Waals surface area (Å²) in [6, 6.07) is -0.0583. The van der Waals surface area contributed by atoms with E-state index in [2.05, 4.69) is 15.4 Å². The monoisotopic (exact) mass is 214 g/mol. The molecule has 2 N–H and O–H groups in total. The molecule has 0 fully saturated rings. The number of rotatable bonds is 7. The zero-order valence-electron chi connectivity index (χ0n) is 9.18. The molecule has 1 aromatic rings. The number of nitrogens with zero attached hydrogens (tertiary/aromatic N) is 3. The van der Waals surface area contributed by atoms with Crippen LogP contribution in [0.1, 0.15) is 12.7 Å². The standard InChI is InChI=1S/C9H18N4O2/c1-3-13-9(11-7-12-13)4-10-8(5-14)6-15-2/h7-8,10,14H,3-6H2,1-2H3. The molecule has 1 aromatic heterocycles. The fourth-order valence-electron chi connectivity index (χ4n) is 1.30. The molecule has 6 heteroatoms. The minimum atomic E-state index is -0.0583. The molecule has 86 valence electrons. The molecule has 0 aliphatic heterocycles. The summed E-state index contributed by atoms with van der Waals surface area (Å²) < 4.78 is 6.77. The van der Waals surface area contributed by atoms with Crippen LogP contribution in [0.15, 0.2) is 6.33 Å². The maximum absolute atomic E-state index is 9.03. The van der Waals surface area contributed by atoms with Gasteiger partial charge in [-0.1, -0.05) is 0 Å². The highest BCUT2D eigenvalue weighted by molar-refractivity contribution is 4.84. The second kappa shape index (κ2) is 6.49. The van der Waals surface area contributed by atoms with Crippen molar-refractivity contribution in [3.63, 3.8) is 0 Å². The zero-order chi connectivity index (χ0) is 11.1. The van der Waals surface area contributed by atoms with Crippen LogP contribution in [0.5, 0.6) is 0 Å². The largest absolute Gasteiger partial charge is 0.395 e. The molecule has 0 saturated carbocycles. The van der Waals surface area contributed by atoms with Crippen LogP contribution in [0.25, 0.3) is 0 Å². The van der Waals surface area contributed by atoms with E-state index in [0.29, 0.717) is 13.2 Å². The summed E-state index contributed by atoms with van der Waals surface area (Å²) >= 11 is 0. The van der Waals surface area contributed by atoms with E-state index >= 15 is 0 Å². The minimum absolute atomic E-state index is 0.0497. The first kappa shape index (κ1) is 12.1. The molecular formula is C9H18N4O2. The van der Waals surface area contributed by atoms with Gasteiger partial charge in [0.2, 0.25) is 0 Å². The molecule has 15 heavy (non-hydrogen) atoms. The summed E-state index contributed by atoms with van der Waals surface area (Å²) in [5.41, 5.74) is 0. The summed E-state index contributed by atoms with van der Waals surface area (Å²) in [4.78, 5) is 4.12. The summed E-state index contributed by atoms with van der Waals surface area (Å²) in [6.45, 7) is 3.93. The summed E-state index contributed by atoms with van der Waals surface area (Å²) in [7, 11) is 1.61. The van der Waals surface area contributed by atoms with Crippen LogP contribution in [0.4, 0.5) is 0 Å². The van der Waals surface area contributed by atoms with Gasteiger partial charge in [-0.25, -0.2) is 9.67 Å². The Kier molecular flexibility index (Phi) is 5.23. The van der Waals surface area contributed by atoms with Crippen LogP contribution in [-0.4, -0.2) is 46.2 Å². The van der Waals surface area contributed by atoms with E-state index in [1.54, 1.807) is 7.11 Å². The third kappa shape index (κ3) is 3.58. The Hall–Kier alpha value is -0.980. The van der Waals surface area contributed by atoms with Gasteiger partial charge in [0.25, 0.3) is 0 Å². The Morgan fingerprint density at radius 2 is 2.47 bits per heavy atom. The smallest absolute Gasteiger partial charge is 0.140 e. The molecule has 0 radical (unpaired) electrons. The van der Waals surface area contributed by atoms with Crippen molar-refractivity contribution < 1.29 is 9.84 Å². The van der Waals surface area contributed by atoms with Crippen LogP contribution in [0.3, 0.4) is 0 Å². The number of hydrogen-bond acceptors (Lipinski definition) is 5. The lowest BCUT2D eigenvalue weighted by Gasteiger charge is -2.14. The van der Waals surface area contributed by atoms with Crippen LogP contribution in [0.2, 0.25) is 0 Å². The average Bonchev–Trinajstić information content (AvgIpc) is 2.71. The predicted octanol–water partition coefficient (Wildman–Crippen LogP) is -0.605. The van der Waals surface area contributed by atoms with E-state index in [1.807, 2.05) is 11.6 Å². The second-order valence-corrected chi connectivity index (χ2v) is 3.21. The fourth-order valence-corrected chi connectivity index (χ4v) is 1.30. The Labute approximate surface area is 89.3 Å². The van der Waals surface area contributed by atoms with E-state index in [1.165, 1.54) is 6.33 Å². The van der Waals surface area contributed by atoms with E-state index in [9.17, 15) is 0 Å². The number of aliphatic hydroxyl groups excluding tert-OH is 1. The Bertz CT molecular complexity index is 277. The topological polar surface area (TPSA) is 72.2 Å². The minimum Gasteiger partial charge on any atom is -0.395 e. The number of aromatic nitrogens is 3. The van der Waals surface area contributed by atoms with Crippen molar-refractivity contribution in [2.75, 3.05) is 20.3 Å². The predicted molar refractivity (Wildman–Crippen MR) is 55.3 cm³/mol. The maximum Gasteiger partial charge on any atom is 0.140 e. The van der Waals surface area contributed by atoms with Gasteiger partial charge in [-0.3, -0.25) is 0 Å². The normalized spacial score (nSPS) is 13.0. The molecule has 0 saturated heterocycles. The number of aryl methyl sites for hydroxylation is 1. The molecule has 6 nitrogen and oxygen atoms in total. The van der Waals surface area contributed by atoms with Crippen LogP contribution >= 0.6 is 0 Å². The third-order valence-electron chi connectivity index (χ3n) is 2.13. The van der Waals surface area contributed by atoms with Crippen LogP contribution in [0, 0.1) is 0 Å². The van der Waals surface area contributed by atoms with Gasteiger partial charge in [0.15, 0.2) is 0 Å². The molecule has 1 atom stereocenters. The molecule has 0 bridgehead atoms. The summed E-state index contributed by atoms with van der Waals surface area (Å²) in [5.74, 6) is 0.868. The van der Waals surface area contributed by atoms with Gasteiger partial charge in [0, 0.05) is 13.7 Å². The molecule has 1 heterocycles. The van der Waals surface area contributed by atoms with Gasteiger partial charge in [0.05, 0.1) is 25.8 Å².